The molecule has 2 heterocycles. The number of nitrogens with one attached hydrogen (secondary N) is 3. The van der Waals surface area contributed by atoms with Crippen molar-refractivity contribution in [3.8, 4) is 5.75 Å². The monoisotopic (exact) mass is 708 g/mol. The van der Waals surface area contributed by atoms with Crippen LogP contribution in [0.2, 0.25) is 0 Å². The summed E-state index contributed by atoms with van der Waals surface area (Å²) in [6, 6.07) is 11.2. The molecule has 2 aromatic carbocycles. The van der Waals surface area contributed by atoms with Gasteiger partial charge in [-0.1, -0.05) is 55.8 Å². The van der Waals surface area contributed by atoms with Gasteiger partial charge in [-0.25, -0.2) is 0 Å². The van der Waals surface area contributed by atoms with Gasteiger partial charge in [0.1, 0.15) is 17.8 Å². The van der Waals surface area contributed by atoms with E-state index in [-0.39, 0.29) is 36.3 Å². The van der Waals surface area contributed by atoms with Crippen LogP contribution in [0.25, 0.3) is 10.9 Å². The number of para-hydroxylation sites is 1. The number of allylic oxidation sites excluding steroid dienone is 2. The quantitative estimate of drug-likeness (QED) is 0.203. The number of aromatic hydroxyl groups is 1. The maximum absolute atomic E-state index is 14.3. The van der Waals surface area contributed by atoms with Gasteiger partial charge in [-0.3, -0.25) is 19.2 Å². The molecule has 1 aromatic heterocycles. The Kier molecular flexibility index (Phi) is 11.9. The molecule has 0 radical (unpaired) electrons. The number of fused-ring (bicyclic) bond motifs is 1. The first-order valence-electron chi connectivity index (χ1n) is 16.0. The number of carbonyl (C=O) groups is 4. The van der Waals surface area contributed by atoms with E-state index >= 15 is 0 Å². The topological polar surface area (TPSA) is 141 Å². The number of hydrogen-bond acceptors (Lipinski definition) is 6. The van der Waals surface area contributed by atoms with Gasteiger partial charge < -0.3 is 30.4 Å². The number of benzene rings is 2. The first-order valence-corrected chi connectivity index (χ1v) is 16.8. The number of aromatic amines is 1. The van der Waals surface area contributed by atoms with Crippen molar-refractivity contribution < 1.29 is 29.0 Å². The first-order chi connectivity index (χ1) is 22.2. The summed E-state index contributed by atoms with van der Waals surface area (Å²) in [5.41, 5.74) is 3.29. The van der Waals surface area contributed by atoms with Crippen LogP contribution in [-0.2, 0) is 30.3 Å². The van der Waals surface area contributed by atoms with Crippen molar-refractivity contribution in [1.29, 1.82) is 0 Å². The fourth-order valence-electron chi connectivity index (χ4n) is 6.28. The molecule has 0 saturated carbocycles. The van der Waals surface area contributed by atoms with Crippen LogP contribution in [0.5, 0.6) is 5.75 Å². The van der Waals surface area contributed by atoms with Crippen LogP contribution >= 0.6 is 15.9 Å². The number of rotatable bonds is 3. The second kappa shape index (κ2) is 15.6. The molecule has 4 rings (SSSR count). The Labute approximate surface area is 284 Å². The Hall–Kier alpha value is -4.12. The molecule has 11 heteroatoms. The Morgan fingerprint density at radius 1 is 0.936 bits per heavy atom. The lowest BCUT2D eigenvalue weighted by Crippen LogP contribution is -2.55. The van der Waals surface area contributed by atoms with E-state index in [0.717, 1.165) is 22.0 Å². The van der Waals surface area contributed by atoms with Gasteiger partial charge >= 0.3 is 5.97 Å². The maximum atomic E-state index is 14.3. The predicted octanol–water partition coefficient (Wildman–Crippen LogP) is 5.70. The molecular weight excluding hydrogens is 664 g/mol. The van der Waals surface area contributed by atoms with Crippen LogP contribution in [0.1, 0.15) is 71.0 Å². The van der Waals surface area contributed by atoms with E-state index in [2.05, 4.69) is 37.6 Å². The largest absolute Gasteiger partial charge is 0.508 e. The molecule has 0 unspecified atom stereocenters. The van der Waals surface area contributed by atoms with Gasteiger partial charge in [0.15, 0.2) is 0 Å². The average Bonchev–Trinajstić information content (AvgIpc) is 3.32. The third-order valence-corrected chi connectivity index (χ3v) is 9.35. The Balaban J connectivity index is 1.74. The summed E-state index contributed by atoms with van der Waals surface area (Å²) < 4.78 is 6.47. The number of cyclic esters (lactones) is 1. The normalized spacial score (nSPS) is 27.1. The van der Waals surface area contributed by atoms with Crippen LogP contribution in [0.15, 0.2) is 64.8 Å². The molecular formula is C36H45BrN4O6. The number of halogens is 1. The summed E-state index contributed by atoms with van der Waals surface area (Å²) in [5.74, 6) is -1.93. The summed E-state index contributed by atoms with van der Waals surface area (Å²) >= 11 is 3.60. The van der Waals surface area contributed by atoms with Crippen LogP contribution in [0, 0.1) is 11.8 Å². The lowest BCUT2D eigenvalue weighted by atomic mass is 9.95. The molecule has 6 atom stereocenters. The number of aromatic nitrogens is 1. The lowest BCUT2D eigenvalue weighted by Gasteiger charge is -2.31. The van der Waals surface area contributed by atoms with Crippen LogP contribution in [-0.4, -0.2) is 63.9 Å². The SMILES string of the molecule is C/C1=C\[C@H](C)C[C@H](C)OC(=O)C[C@H](c2ccc(O)cc2)NC(=O)[C@@H](Cc2c(Br)[nH]c3ccccc23)N(C)C(=O)[C@H](C)NC(=O)[C@H](C)C1. The van der Waals surface area contributed by atoms with Crippen molar-refractivity contribution in [2.75, 3.05) is 7.05 Å². The summed E-state index contributed by atoms with van der Waals surface area (Å²) in [4.78, 5) is 59.2. The number of amides is 3. The Bertz CT molecular complexity index is 1630. The average molecular weight is 710 g/mol. The predicted molar refractivity (Wildman–Crippen MR) is 184 cm³/mol. The standard InChI is InChI=1S/C36H45BrN4O6/c1-20-15-21(2)17-23(4)47-32(43)19-30(25-11-13-26(42)14-12-25)40-35(45)31(18-28-27-9-7-8-10-29(27)39-33(28)37)41(6)36(46)24(5)38-34(44)22(3)16-20/h7-15,21-24,30-31,39,42H,16-19H2,1-6H3,(H,38,44)(H,40,45)/b20-15+/t21-,22+,23-,24-,30+,31+/m0/s1. The third kappa shape index (κ3) is 9.24. The number of nitrogens with zero attached hydrogens (tertiary/aromatic N) is 1. The fraction of sp³-hybridized carbons (Fsp3) is 0.444. The second-order valence-electron chi connectivity index (χ2n) is 12.9. The number of phenols is 1. The number of ether oxygens (including phenoxy) is 1. The molecule has 0 saturated heterocycles. The summed E-state index contributed by atoms with van der Waals surface area (Å²) in [5, 5.41) is 16.7. The Morgan fingerprint density at radius 3 is 2.32 bits per heavy atom. The first kappa shape index (κ1) is 35.7. The lowest BCUT2D eigenvalue weighted by molar-refractivity contribution is -0.149. The minimum Gasteiger partial charge on any atom is -0.508 e. The zero-order chi connectivity index (χ0) is 34.4. The molecule has 3 aromatic rings. The third-order valence-electron chi connectivity index (χ3n) is 8.67. The summed E-state index contributed by atoms with van der Waals surface area (Å²) in [7, 11) is 1.55. The molecule has 0 aliphatic carbocycles. The molecule has 0 fully saturated rings. The second-order valence-corrected chi connectivity index (χ2v) is 13.6. The van der Waals surface area contributed by atoms with Crippen molar-refractivity contribution >= 4 is 50.5 Å². The molecule has 0 spiro atoms. The number of phenolic OH excluding ortho intramolecular Hbond substituents is 1. The van der Waals surface area contributed by atoms with Gasteiger partial charge in [0.2, 0.25) is 17.7 Å². The van der Waals surface area contributed by atoms with Crippen LogP contribution in [0.4, 0.5) is 0 Å². The zero-order valence-corrected chi connectivity index (χ0v) is 29.4. The van der Waals surface area contributed by atoms with Crippen molar-refractivity contribution in [3.05, 3.63) is 75.9 Å². The highest BCUT2D eigenvalue weighted by Crippen LogP contribution is 2.29. The number of likely N-dealkylation sites (N-methyl/N-ethyl adjacent to an activating group) is 1. The maximum Gasteiger partial charge on any atom is 0.308 e. The van der Waals surface area contributed by atoms with Crippen molar-refractivity contribution in [2.24, 2.45) is 11.8 Å². The van der Waals surface area contributed by atoms with E-state index in [4.69, 9.17) is 4.74 Å². The highest BCUT2D eigenvalue weighted by Gasteiger charge is 2.34. The van der Waals surface area contributed by atoms with Gasteiger partial charge in [-0.05, 0) is 84.8 Å². The fourth-order valence-corrected chi connectivity index (χ4v) is 6.87. The summed E-state index contributed by atoms with van der Waals surface area (Å²) in [6.45, 7) is 9.27. The number of carbonyl (C=O) groups excluding carboxylic acids is 4. The van der Waals surface area contributed by atoms with Gasteiger partial charge in [0, 0.05) is 30.3 Å². The van der Waals surface area contributed by atoms with E-state index in [1.165, 1.54) is 17.0 Å². The molecule has 1 aliphatic rings. The van der Waals surface area contributed by atoms with Gasteiger partial charge in [-0.2, -0.15) is 0 Å². The molecule has 47 heavy (non-hydrogen) atoms. The molecule has 4 N–H and O–H groups in total. The van der Waals surface area contributed by atoms with E-state index in [0.29, 0.717) is 23.0 Å². The van der Waals surface area contributed by atoms with Crippen molar-refractivity contribution in [2.45, 2.75) is 84.5 Å². The zero-order valence-electron chi connectivity index (χ0n) is 27.8. The Morgan fingerprint density at radius 2 is 1.62 bits per heavy atom. The van der Waals surface area contributed by atoms with E-state index in [1.54, 1.807) is 26.1 Å². The highest BCUT2D eigenvalue weighted by atomic mass is 79.9. The minimum atomic E-state index is -1.02. The van der Waals surface area contributed by atoms with Crippen LogP contribution < -0.4 is 10.6 Å². The van der Waals surface area contributed by atoms with Gasteiger partial charge in [0.25, 0.3) is 0 Å². The number of esters is 1. The van der Waals surface area contributed by atoms with Gasteiger partial charge in [0.05, 0.1) is 23.2 Å². The number of H-pyrrole nitrogens is 1. The number of hydrogen-bond donors (Lipinski definition) is 4. The molecule has 0 bridgehead atoms. The molecule has 1 aliphatic heterocycles. The van der Waals surface area contributed by atoms with E-state index < -0.39 is 42.0 Å². The highest BCUT2D eigenvalue weighted by molar-refractivity contribution is 9.10. The van der Waals surface area contributed by atoms with E-state index in [9.17, 15) is 24.3 Å². The molecule has 10 nitrogen and oxygen atoms in total. The summed E-state index contributed by atoms with van der Waals surface area (Å²) in [6.07, 6.45) is 2.76. The van der Waals surface area contributed by atoms with Gasteiger partial charge in [-0.15, -0.1) is 0 Å². The van der Waals surface area contributed by atoms with E-state index in [1.807, 2.05) is 52.0 Å². The minimum absolute atomic E-state index is 0.0439. The smallest absolute Gasteiger partial charge is 0.308 e. The van der Waals surface area contributed by atoms with Crippen molar-refractivity contribution in [1.82, 2.24) is 20.5 Å². The van der Waals surface area contributed by atoms with Crippen molar-refractivity contribution in [3.63, 3.8) is 0 Å². The molecule has 3 amide bonds. The van der Waals surface area contributed by atoms with Crippen LogP contribution in [0.3, 0.4) is 0 Å². The molecule has 252 valence electrons.